The van der Waals surface area contributed by atoms with E-state index in [0.717, 1.165) is 34.1 Å². The molecule has 35 heavy (non-hydrogen) atoms. The molecule has 0 aliphatic carbocycles. The molecule has 1 saturated heterocycles. The van der Waals surface area contributed by atoms with Crippen LogP contribution >= 0.6 is 0 Å². The lowest BCUT2D eigenvalue weighted by Crippen LogP contribution is -2.43. The first-order chi connectivity index (χ1) is 17.1. The molecule has 5 rings (SSSR count). The molecule has 1 amide bonds. The summed E-state index contributed by atoms with van der Waals surface area (Å²) in [7, 11) is -1.54. The Balaban J connectivity index is 1.24. The van der Waals surface area contributed by atoms with Gasteiger partial charge in [0.15, 0.2) is 11.0 Å². The number of furan rings is 1. The number of benzene rings is 3. The largest absolute Gasteiger partial charge is 0.446 e. The van der Waals surface area contributed by atoms with Crippen LogP contribution in [0.25, 0.3) is 28.2 Å². The lowest BCUT2D eigenvalue weighted by atomic mass is 10.0. The Labute approximate surface area is 208 Å². The van der Waals surface area contributed by atoms with Crippen molar-refractivity contribution in [1.82, 2.24) is 9.62 Å². The summed E-state index contributed by atoms with van der Waals surface area (Å²) < 4.78 is 21.0. The molecule has 2 atom stereocenters. The highest BCUT2D eigenvalue weighted by atomic mass is 32.2. The van der Waals surface area contributed by atoms with Crippen molar-refractivity contribution in [3.8, 4) is 11.1 Å². The van der Waals surface area contributed by atoms with Crippen molar-refractivity contribution in [2.45, 2.75) is 37.4 Å². The molecule has 4 aromatic rings. The van der Waals surface area contributed by atoms with Crippen molar-refractivity contribution in [3.63, 3.8) is 0 Å². The summed E-state index contributed by atoms with van der Waals surface area (Å²) in [5.74, 6) is -0.102. The number of allylic oxidation sites excluding steroid dienone is 1. The minimum Gasteiger partial charge on any atom is -0.446 e. The Hall–Kier alpha value is -3.48. The van der Waals surface area contributed by atoms with E-state index in [1.807, 2.05) is 73.7 Å². The van der Waals surface area contributed by atoms with E-state index < -0.39 is 17.0 Å². The maximum Gasteiger partial charge on any atom is 0.238 e. The lowest BCUT2D eigenvalue weighted by Gasteiger charge is -2.21. The molecular weight excluding hydrogens is 456 g/mol. The van der Waals surface area contributed by atoms with Crippen molar-refractivity contribution >= 4 is 33.9 Å². The first-order valence-electron chi connectivity index (χ1n) is 11.9. The number of rotatable bonds is 7. The van der Waals surface area contributed by atoms with Crippen LogP contribution in [0.3, 0.4) is 0 Å². The molecule has 1 aromatic heterocycles. The fourth-order valence-corrected chi connectivity index (χ4v) is 5.84. The van der Waals surface area contributed by atoms with Gasteiger partial charge in [-0.05, 0) is 54.2 Å². The van der Waals surface area contributed by atoms with Gasteiger partial charge in [-0.15, -0.1) is 0 Å². The predicted octanol–water partition coefficient (Wildman–Crippen LogP) is 5.94. The molecule has 0 spiro atoms. The molecule has 178 valence electrons. The second-order valence-electron chi connectivity index (χ2n) is 8.69. The summed E-state index contributed by atoms with van der Waals surface area (Å²) in [5, 5.41) is 4.32. The van der Waals surface area contributed by atoms with Gasteiger partial charge in [-0.25, -0.2) is 8.51 Å². The number of carbonyl (C=O) groups is 1. The molecule has 3 aromatic carbocycles. The number of fused-ring (bicyclic) bond motifs is 1. The normalized spacial score (nSPS) is 17.2. The molecule has 0 saturated carbocycles. The van der Waals surface area contributed by atoms with Crippen LogP contribution in [-0.2, 0) is 22.3 Å². The summed E-state index contributed by atoms with van der Waals surface area (Å²) in [6.07, 6.45) is 5.49. The second kappa shape index (κ2) is 10.4. The van der Waals surface area contributed by atoms with Crippen LogP contribution in [0.2, 0.25) is 0 Å². The van der Waals surface area contributed by atoms with Gasteiger partial charge in [0, 0.05) is 24.5 Å². The molecule has 0 bridgehead atoms. The van der Waals surface area contributed by atoms with E-state index in [9.17, 15) is 9.00 Å². The van der Waals surface area contributed by atoms with E-state index in [-0.39, 0.29) is 5.91 Å². The molecule has 5 nitrogen and oxygen atoms in total. The quantitative estimate of drug-likeness (QED) is 0.353. The summed E-state index contributed by atoms with van der Waals surface area (Å²) in [4.78, 5) is 13.0. The maximum absolute atomic E-state index is 13.3. The predicted molar refractivity (Wildman–Crippen MR) is 141 cm³/mol. The third-order valence-electron chi connectivity index (χ3n) is 6.30. The zero-order valence-corrected chi connectivity index (χ0v) is 20.5. The van der Waals surface area contributed by atoms with Gasteiger partial charge in [0.25, 0.3) is 0 Å². The third-order valence-corrected chi connectivity index (χ3v) is 7.70. The highest BCUT2D eigenvalue weighted by molar-refractivity contribution is 7.82. The zero-order chi connectivity index (χ0) is 24.2. The Morgan fingerprint density at radius 1 is 1.06 bits per heavy atom. The molecule has 1 aliphatic heterocycles. The van der Waals surface area contributed by atoms with Crippen LogP contribution in [0.1, 0.15) is 30.9 Å². The number of amides is 1. The van der Waals surface area contributed by atoms with Crippen LogP contribution in [0.4, 0.5) is 0 Å². The number of carbonyl (C=O) groups excluding carboxylic acids is 1. The molecule has 1 aliphatic rings. The summed E-state index contributed by atoms with van der Waals surface area (Å²) in [6, 6.07) is 25.6. The van der Waals surface area contributed by atoms with Crippen LogP contribution in [-0.4, -0.2) is 27.0 Å². The third kappa shape index (κ3) is 5.14. The molecule has 2 unspecified atom stereocenters. The summed E-state index contributed by atoms with van der Waals surface area (Å²) in [5.41, 5.74) is 5.09. The minimum absolute atomic E-state index is 0.102. The van der Waals surface area contributed by atoms with Gasteiger partial charge in [-0.2, -0.15) is 0 Å². The first kappa shape index (κ1) is 23.3. The van der Waals surface area contributed by atoms with E-state index in [2.05, 4.69) is 29.6 Å². The van der Waals surface area contributed by atoms with Crippen molar-refractivity contribution < 1.29 is 13.4 Å². The molecule has 6 heteroatoms. The van der Waals surface area contributed by atoms with Crippen LogP contribution in [0.15, 0.2) is 94.4 Å². The first-order valence-corrected chi connectivity index (χ1v) is 13.0. The summed E-state index contributed by atoms with van der Waals surface area (Å²) in [6.45, 7) is 3.00. The fourth-order valence-electron chi connectivity index (χ4n) is 4.49. The molecule has 2 heterocycles. The average molecular weight is 485 g/mol. The topological polar surface area (TPSA) is 62.6 Å². The number of nitrogens with zero attached hydrogens (tertiary/aromatic N) is 1. The standard InChI is InChI=1S/C29H28N2O3S/c1-2-7-21-13-16-27-25(18-21)19-28(34-27)35(33)31-17-6-10-26(31)29(32)30-20-22-11-14-24(15-12-22)23-8-4-3-5-9-23/h2-5,7-9,11-16,18-19,26H,6,10,17,20H2,1H3,(H,30,32)/b7-2+. The van der Waals surface area contributed by atoms with Crippen LogP contribution in [0, 0.1) is 0 Å². The zero-order valence-electron chi connectivity index (χ0n) is 19.6. The van der Waals surface area contributed by atoms with Crippen molar-refractivity contribution in [3.05, 3.63) is 96.1 Å². The second-order valence-corrected chi connectivity index (χ2v) is 10.1. The van der Waals surface area contributed by atoms with Gasteiger partial charge in [-0.3, -0.25) is 4.79 Å². The number of nitrogens with one attached hydrogen (secondary N) is 1. The van der Waals surface area contributed by atoms with Gasteiger partial charge >= 0.3 is 0 Å². The number of hydrogen-bond donors (Lipinski definition) is 1. The smallest absolute Gasteiger partial charge is 0.238 e. The van der Waals surface area contributed by atoms with E-state index in [4.69, 9.17) is 4.42 Å². The fraction of sp³-hybridized carbons (Fsp3) is 0.207. The van der Waals surface area contributed by atoms with Gasteiger partial charge in [0.1, 0.15) is 11.6 Å². The van der Waals surface area contributed by atoms with E-state index in [1.54, 1.807) is 4.31 Å². The highest BCUT2D eigenvalue weighted by Crippen LogP contribution is 2.28. The summed E-state index contributed by atoms with van der Waals surface area (Å²) >= 11 is 0. The van der Waals surface area contributed by atoms with Crippen LogP contribution in [0.5, 0.6) is 0 Å². The van der Waals surface area contributed by atoms with Gasteiger partial charge in [0.05, 0.1) is 0 Å². The molecular formula is C29H28N2O3S. The minimum atomic E-state index is -1.54. The Morgan fingerprint density at radius 2 is 1.83 bits per heavy atom. The Kier molecular flexibility index (Phi) is 6.93. The van der Waals surface area contributed by atoms with E-state index >= 15 is 0 Å². The van der Waals surface area contributed by atoms with Crippen molar-refractivity contribution in [2.75, 3.05) is 6.54 Å². The maximum atomic E-state index is 13.3. The Morgan fingerprint density at radius 3 is 2.60 bits per heavy atom. The van der Waals surface area contributed by atoms with Crippen molar-refractivity contribution in [2.24, 2.45) is 0 Å². The molecule has 1 N–H and O–H groups in total. The van der Waals surface area contributed by atoms with Gasteiger partial charge in [-0.1, -0.05) is 72.8 Å². The molecule has 0 radical (unpaired) electrons. The Bertz CT molecular complexity index is 1380. The van der Waals surface area contributed by atoms with Crippen LogP contribution < -0.4 is 5.32 Å². The number of hydrogen-bond acceptors (Lipinski definition) is 3. The highest BCUT2D eigenvalue weighted by Gasteiger charge is 2.36. The average Bonchev–Trinajstić information content (AvgIpc) is 3.55. The molecule has 1 fully saturated rings. The van der Waals surface area contributed by atoms with E-state index in [1.165, 1.54) is 0 Å². The van der Waals surface area contributed by atoms with Gasteiger partial charge < -0.3 is 9.73 Å². The van der Waals surface area contributed by atoms with Gasteiger partial charge in [0.2, 0.25) is 11.0 Å². The van der Waals surface area contributed by atoms with E-state index in [0.29, 0.717) is 30.2 Å². The monoisotopic (exact) mass is 484 g/mol. The van der Waals surface area contributed by atoms with Crippen molar-refractivity contribution in [1.29, 1.82) is 0 Å². The SMILES string of the molecule is C/C=C/c1ccc2oc(S(=O)N3CCCC3C(=O)NCc3ccc(-c4ccccc4)cc3)cc2c1. The lowest BCUT2D eigenvalue weighted by molar-refractivity contribution is -0.124.